The molecule has 0 fully saturated rings. The number of carbonyl (C=O) groups is 4. The molecule has 0 saturated heterocycles. The van der Waals surface area contributed by atoms with Crippen LogP contribution in [0.5, 0.6) is 0 Å². The second-order valence-corrected chi connectivity index (χ2v) is 5.71. The summed E-state index contributed by atoms with van der Waals surface area (Å²) in [5, 5.41) is 7.09. The highest BCUT2D eigenvalue weighted by molar-refractivity contribution is 5.87. The molecule has 9 nitrogen and oxygen atoms in total. The Morgan fingerprint density at radius 3 is 2.17 bits per heavy atom. The molecule has 3 N–H and O–H groups in total. The van der Waals surface area contributed by atoms with Crippen molar-refractivity contribution in [2.45, 2.75) is 45.3 Å². The van der Waals surface area contributed by atoms with Gasteiger partial charge in [-0.25, -0.2) is 9.59 Å². The molecule has 0 aromatic carbocycles. The first-order valence-corrected chi connectivity index (χ1v) is 7.13. The lowest BCUT2D eigenvalue weighted by atomic mass is 10.1. The SMILES string of the molecule is CNC(=O)CCC(NC(=O)CNC(=O)OC(C)(C)C)C(=O)OC. The molecule has 0 bridgehead atoms. The molecule has 23 heavy (non-hydrogen) atoms. The number of esters is 1. The number of nitrogens with one attached hydrogen (secondary N) is 3. The van der Waals surface area contributed by atoms with Gasteiger partial charge in [0.25, 0.3) is 0 Å². The summed E-state index contributed by atoms with van der Waals surface area (Å²) in [6, 6.07) is -0.967. The Labute approximate surface area is 135 Å². The Kier molecular flexibility index (Phi) is 8.67. The minimum Gasteiger partial charge on any atom is -0.467 e. The molecule has 0 aromatic rings. The predicted molar refractivity (Wildman–Crippen MR) is 81.5 cm³/mol. The van der Waals surface area contributed by atoms with Crippen molar-refractivity contribution >= 4 is 23.9 Å². The minimum absolute atomic E-state index is 0.0516. The molecular formula is C14H25N3O6. The van der Waals surface area contributed by atoms with E-state index >= 15 is 0 Å². The maximum Gasteiger partial charge on any atom is 0.408 e. The average Bonchev–Trinajstić information content (AvgIpc) is 2.46. The Morgan fingerprint density at radius 2 is 1.70 bits per heavy atom. The first-order valence-electron chi connectivity index (χ1n) is 7.13. The number of rotatable bonds is 7. The predicted octanol–water partition coefficient (Wildman–Crippen LogP) is -0.305. The second kappa shape index (κ2) is 9.65. The fourth-order valence-electron chi connectivity index (χ4n) is 1.50. The number of hydrogen-bond donors (Lipinski definition) is 3. The topological polar surface area (TPSA) is 123 Å². The third kappa shape index (κ3) is 10.1. The summed E-state index contributed by atoms with van der Waals surface area (Å²) in [6.45, 7) is 4.72. The third-order valence-electron chi connectivity index (χ3n) is 2.55. The van der Waals surface area contributed by atoms with Crippen LogP contribution < -0.4 is 16.0 Å². The van der Waals surface area contributed by atoms with E-state index in [1.807, 2.05) is 0 Å². The second-order valence-electron chi connectivity index (χ2n) is 5.71. The van der Waals surface area contributed by atoms with Crippen molar-refractivity contribution in [3.63, 3.8) is 0 Å². The first kappa shape index (κ1) is 20.7. The molecule has 3 amide bonds. The van der Waals surface area contributed by atoms with Gasteiger partial charge in [0.2, 0.25) is 11.8 Å². The van der Waals surface area contributed by atoms with E-state index < -0.39 is 29.6 Å². The molecule has 0 radical (unpaired) electrons. The highest BCUT2D eigenvalue weighted by Crippen LogP contribution is 2.06. The van der Waals surface area contributed by atoms with Crippen LogP contribution in [0.1, 0.15) is 33.6 Å². The van der Waals surface area contributed by atoms with Gasteiger partial charge < -0.3 is 25.4 Å². The van der Waals surface area contributed by atoms with Crippen LogP contribution in [0.2, 0.25) is 0 Å². The van der Waals surface area contributed by atoms with Gasteiger partial charge in [-0.2, -0.15) is 0 Å². The van der Waals surface area contributed by atoms with E-state index in [0.717, 1.165) is 0 Å². The van der Waals surface area contributed by atoms with Crippen molar-refractivity contribution in [3.8, 4) is 0 Å². The number of alkyl carbamates (subject to hydrolysis) is 1. The van der Waals surface area contributed by atoms with Gasteiger partial charge in [-0.05, 0) is 27.2 Å². The smallest absolute Gasteiger partial charge is 0.408 e. The number of amides is 3. The maximum atomic E-state index is 11.8. The van der Waals surface area contributed by atoms with Gasteiger partial charge in [-0.15, -0.1) is 0 Å². The van der Waals surface area contributed by atoms with Crippen LogP contribution in [-0.4, -0.2) is 56.2 Å². The van der Waals surface area contributed by atoms with E-state index in [9.17, 15) is 19.2 Å². The molecule has 0 aliphatic carbocycles. The molecule has 1 unspecified atom stereocenters. The van der Waals surface area contributed by atoms with Gasteiger partial charge in [-0.3, -0.25) is 9.59 Å². The van der Waals surface area contributed by atoms with E-state index in [1.165, 1.54) is 14.2 Å². The summed E-state index contributed by atoms with van der Waals surface area (Å²) in [5.41, 5.74) is -0.678. The zero-order chi connectivity index (χ0) is 18.0. The molecule has 1 atom stereocenters. The number of ether oxygens (including phenoxy) is 2. The average molecular weight is 331 g/mol. The van der Waals surface area contributed by atoms with Gasteiger partial charge in [0.05, 0.1) is 7.11 Å². The Bertz CT molecular complexity index is 444. The summed E-state index contributed by atoms with van der Waals surface area (Å²) in [5.74, 6) is -1.53. The van der Waals surface area contributed by atoms with Gasteiger partial charge >= 0.3 is 12.1 Å². The molecule has 9 heteroatoms. The van der Waals surface area contributed by atoms with E-state index in [2.05, 4.69) is 20.7 Å². The molecule has 0 aromatic heterocycles. The molecular weight excluding hydrogens is 306 g/mol. The summed E-state index contributed by atoms with van der Waals surface area (Å²) in [4.78, 5) is 46.0. The Balaban J connectivity index is 4.40. The quantitative estimate of drug-likeness (QED) is 0.550. The van der Waals surface area contributed by atoms with Crippen LogP contribution in [-0.2, 0) is 23.9 Å². The van der Waals surface area contributed by atoms with Crippen LogP contribution in [0.4, 0.5) is 4.79 Å². The zero-order valence-electron chi connectivity index (χ0n) is 14.1. The summed E-state index contributed by atoms with van der Waals surface area (Å²) in [7, 11) is 2.65. The normalized spacial score (nSPS) is 11.9. The Morgan fingerprint density at radius 1 is 1.09 bits per heavy atom. The van der Waals surface area contributed by atoms with Crippen LogP contribution in [0, 0.1) is 0 Å². The lowest BCUT2D eigenvalue weighted by Gasteiger charge is -2.20. The fraction of sp³-hybridized carbons (Fsp3) is 0.714. The largest absolute Gasteiger partial charge is 0.467 e. The van der Waals surface area contributed by atoms with Crippen molar-refractivity contribution in [2.75, 3.05) is 20.7 Å². The molecule has 0 heterocycles. The van der Waals surface area contributed by atoms with Gasteiger partial charge in [-0.1, -0.05) is 0 Å². The van der Waals surface area contributed by atoms with Crippen molar-refractivity contribution in [3.05, 3.63) is 0 Å². The van der Waals surface area contributed by atoms with E-state index in [0.29, 0.717) is 0 Å². The monoisotopic (exact) mass is 331 g/mol. The highest BCUT2D eigenvalue weighted by Gasteiger charge is 2.23. The standard InChI is InChI=1S/C14H25N3O6/c1-14(2,3)23-13(21)16-8-11(19)17-9(12(20)22-5)6-7-10(18)15-4/h9H,6-8H2,1-5H3,(H,15,18)(H,16,21)(H,17,19). The van der Waals surface area contributed by atoms with Crippen molar-refractivity contribution in [2.24, 2.45) is 0 Å². The number of carbonyl (C=O) groups excluding carboxylic acids is 4. The Hall–Kier alpha value is -2.32. The molecule has 0 aliphatic heterocycles. The lowest BCUT2D eigenvalue weighted by Crippen LogP contribution is -2.47. The van der Waals surface area contributed by atoms with Crippen LogP contribution in [0.15, 0.2) is 0 Å². The maximum absolute atomic E-state index is 11.8. The third-order valence-corrected chi connectivity index (χ3v) is 2.55. The first-order chi connectivity index (χ1) is 10.6. The summed E-state index contributed by atoms with van der Waals surface area (Å²) >= 11 is 0. The number of methoxy groups -OCH3 is 1. The number of hydrogen-bond acceptors (Lipinski definition) is 6. The fourth-order valence-corrected chi connectivity index (χ4v) is 1.50. The molecule has 0 aliphatic rings. The molecule has 0 spiro atoms. The van der Waals surface area contributed by atoms with E-state index in [4.69, 9.17) is 4.74 Å². The highest BCUT2D eigenvalue weighted by atomic mass is 16.6. The molecule has 132 valence electrons. The van der Waals surface area contributed by atoms with Crippen LogP contribution >= 0.6 is 0 Å². The minimum atomic E-state index is -0.967. The lowest BCUT2D eigenvalue weighted by molar-refractivity contribution is -0.145. The summed E-state index contributed by atoms with van der Waals surface area (Å²) < 4.78 is 9.55. The van der Waals surface area contributed by atoms with Crippen LogP contribution in [0.3, 0.4) is 0 Å². The van der Waals surface area contributed by atoms with Crippen LogP contribution in [0.25, 0.3) is 0 Å². The van der Waals surface area contributed by atoms with Gasteiger partial charge in [0.1, 0.15) is 18.2 Å². The summed E-state index contributed by atoms with van der Waals surface area (Å²) in [6.07, 6.45) is -0.603. The van der Waals surface area contributed by atoms with Gasteiger partial charge in [0, 0.05) is 13.5 Å². The van der Waals surface area contributed by atoms with Crippen molar-refractivity contribution in [1.82, 2.24) is 16.0 Å². The molecule has 0 saturated carbocycles. The zero-order valence-corrected chi connectivity index (χ0v) is 14.1. The van der Waals surface area contributed by atoms with E-state index in [-0.39, 0.29) is 25.3 Å². The molecule has 0 rings (SSSR count). The van der Waals surface area contributed by atoms with Crippen molar-refractivity contribution in [1.29, 1.82) is 0 Å². The van der Waals surface area contributed by atoms with Crippen molar-refractivity contribution < 1.29 is 28.7 Å². The van der Waals surface area contributed by atoms with E-state index in [1.54, 1.807) is 20.8 Å². The van der Waals surface area contributed by atoms with Gasteiger partial charge in [0.15, 0.2) is 0 Å².